The van der Waals surface area contributed by atoms with E-state index in [9.17, 15) is 14.4 Å². The van der Waals surface area contributed by atoms with E-state index < -0.39 is 18.5 Å². The molecule has 2 aromatic carbocycles. The van der Waals surface area contributed by atoms with E-state index in [2.05, 4.69) is 5.32 Å². The second kappa shape index (κ2) is 10.3. The number of ketones is 1. The molecule has 1 aliphatic rings. The van der Waals surface area contributed by atoms with Crippen molar-refractivity contribution < 1.29 is 33.3 Å². The first-order valence-electron chi connectivity index (χ1n) is 9.62. The van der Waals surface area contributed by atoms with Crippen molar-refractivity contribution >= 4 is 17.7 Å². The molecule has 1 amide bonds. The van der Waals surface area contributed by atoms with Gasteiger partial charge in [0.1, 0.15) is 18.5 Å². The van der Waals surface area contributed by atoms with Crippen LogP contribution in [0.5, 0.6) is 17.2 Å². The Balaban J connectivity index is 1.33. The Morgan fingerprint density at radius 2 is 1.77 bits per heavy atom. The number of fused-ring (bicyclic) bond motifs is 1. The number of carbonyl (C=O) groups excluding carboxylic acids is 3. The topological polar surface area (TPSA) is 100 Å². The quantitative estimate of drug-likeness (QED) is 0.497. The molecule has 0 unspecified atom stereocenters. The van der Waals surface area contributed by atoms with Gasteiger partial charge in [-0.1, -0.05) is 19.1 Å². The molecule has 8 heteroatoms. The van der Waals surface area contributed by atoms with Crippen molar-refractivity contribution in [3.05, 3.63) is 54.1 Å². The van der Waals surface area contributed by atoms with Crippen LogP contribution in [0.2, 0.25) is 0 Å². The molecule has 1 aliphatic heterocycles. The van der Waals surface area contributed by atoms with Crippen molar-refractivity contribution in [2.75, 3.05) is 26.4 Å². The second-order valence-electron chi connectivity index (χ2n) is 6.55. The van der Waals surface area contributed by atoms with Gasteiger partial charge in [-0.3, -0.25) is 9.59 Å². The number of nitrogens with one attached hydrogen (secondary N) is 1. The van der Waals surface area contributed by atoms with Crippen LogP contribution in [0.4, 0.5) is 0 Å². The minimum atomic E-state index is -0.676. The standard InChI is InChI=1S/C22H23NO7/c1-2-18(24)15-7-9-16(10-8-15)27-14-22(26)29-13-21(25)23-11-17-12-28-19-5-3-4-6-20(19)30-17/h3-10,17H,2,11-14H2,1H3,(H,23,25)/t17-/m0/s1. The molecule has 8 nitrogen and oxygen atoms in total. The van der Waals surface area contributed by atoms with Crippen molar-refractivity contribution in [1.82, 2.24) is 5.32 Å². The zero-order valence-electron chi connectivity index (χ0n) is 16.6. The lowest BCUT2D eigenvalue weighted by atomic mass is 10.1. The molecule has 30 heavy (non-hydrogen) atoms. The van der Waals surface area contributed by atoms with Crippen LogP contribution in [-0.4, -0.2) is 50.1 Å². The van der Waals surface area contributed by atoms with E-state index in [1.807, 2.05) is 18.2 Å². The van der Waals surface area contributed by atoms with E-state index in [0.717, 1.165) is 0 Å². The highest BCUT2D eigenvalue weighted by molar-refractivity contribution is 5.95. The van der Waals surface area contributed by atoms with Gasteiger partial charge >= 0.3 is 5.97 Å². The molecular weight excluding hydrogens is 390 g/mol. The van der Waals surface area contributed by atoms with Gasteiger partial charge in [-0.25, -0.2) is 4.79 Å². The number of carbonyl (C=O) groups is 3. The van der Waals surface area contributed by atoms with Gasteiger partial charge in [-0.05, 0) is 36.4 Å². The van der Waals surface area contributed by atoms with Gasteiger partial charge in [0, 0.05) is 12.0 Å². The summed E-state index contributed by atoms with van der Waals surface area (Å²) in [5.74, 6) is 0.623. The summed E-state index contributed by atoms with van der Waals surface area (Å²) in [5.41, 5.74) is 0.583. The molecule has 0 aromatic heterocycles. The monoisotopic (exact) mass is 413 g/mol. The first-order chi connectivity index (χ1) is 14.5. The van der Waals surface area contributed by atoms with Crippen molar-refractivity contribution in [3.8, 4) is 17.2 Å². The fourth-order valence-corrected chi connectivity index (χ4v) is 2.71. The molecule has 158 valence electrons. The van der Waals surface area contributed by atoms with Crippen LogP contribution in [0.15, 0.2) is 48.5 Å². The molecular formula is C22H23NO7. The number of rotatable bonds is 9. The largest absolute Gasteiger partial charge is 0.486 e. The zero-order valence-corrected chi connectivity index (χ0v) is 16.6. The van der Waals surface area contributed by atoms with Crippen molar-refractivity contribution in [3.63, 3.8) is 0 Å². The van der Waals surface area contributed by atoms with Crippen molar-refractivity contribution in [2.45, 2.75) is 19.4 Å². The average Bonchev–Trinajstić information content (AvgIpc) is 2.79. The van der Waals surface area contributed by atoms with E-state index in [1.165, 1.54) is 0 Å². The Labute approximate surface area is 174 Å². The molecule has 1 heterocycles. The highest BCUT2D eigenvalue weighted by atomic mass is 16.6. The van der Waals surface area contributed by atoms with Gasteiger partial charge in [-0.15, -0.1) is 0 Å². The molecule has 0 bridgehead atoms. The third kappa shape index (κ3) is 5.97. The van der Waals surface area contributed by atoms with E-state index in [4.69, 9.17) is 18.9 Å². The summed E-state index contributed by atoms with van der Waals surface area (Å²) < 4.78 is 21.5. The van der Waals surface area contributed by atoms with Crippen LogP contribution in [0, 0.1) is 0 Å². The first kappa shape index (κ1) is 21.2. The minimum Gasteiger partial charge on any atom is -0.486 e. The third-order valence-electron chi connectivity index (χ3n) is 4.31. The predicted molar refractivity (Wildman–Crippen MR) is 107 cm³/mol. The van der Waals surface area contributed by atoms with Gasteiger partial charge in [0.15, 0.2) is 30.5 Å². The van der Waals surface area contributed by atoms with Crippen LogP contribution >= 0.6 is 0 Å². The Morgan fingerprint density at radius 1 is 1.03 bits per heavy atom. The number of esters is 1. The molecule has 1 atom stereocenters. The first-order valence-corrected chi connectivity index (χ1v) is 9.62. The van der Waals surface area contributed by atoms with Crippen molar-refractivity contribution in [1.29, 1.82) is 0 Å². The minimum absolute atomic E-state index is 0.0290. The van der Waals surface area contributed by atoms with Gasteiger partial charge in [0.05, 0.1) is 6.54 Å². The highest BCUT2D eigenvalue weighted by Crippen LogP contribution is 2.30. The molecule has 1 N–H and O–H groups in total. The molecule has 0 radical (unpaired) electrons. The van der Waals surface area contributed by atoms with Gasteiger partial charge in [-0.2, -0.15) is 0 Å². The smallest absolute Gasteiger partial charge is 0.344 e. The SMILES string of the molecule is CCC(=O)c1ccc(OCC(=O)OCC(=O)NC[C@H]2COc3ccccc3O2)cc1. The lowest BCUT2D eigenvalue weighted by molar-refractivity contribution is -0.150. The third-order valence-corrected chi connectivity index (χ3v) is 4.31. The predicted octanol–water partition coefficient (Wildman–Crippen LogP) is 2.16. The summed E-state index contributed by atoms with van der Waals surface area (Å²) in [6.45, 7) is 1.56. The number of benzene rings is 2. The summed E-state index contributed by atoms with van der Waals surface area (Å²) in [7, 11) is 0. The van der Waals surface area contributed by atoms with E-state index in [1.54, 1.807) is 37.3 Å². The number of hydrogen-bond donors (Lipinski definition) is 1. The summed E-state index contributed by atoms with van der Waals surface area (Å²) in [6, 6.07) is 13.8. The second-order valence-corrected chi connectivity index (χ2v) is 6.55. The van der Waals surface area contributed by atoms with Crippen LogP contribution in [0.3, 0.4) is 0 Å². The fraction of sp³-hybridized carbons (Fsp3) is 0.318. The molecule has 0 fully saturated rings. The lowest BCUT2D eigenvalue weighted by Crippen LogP contribution is -2.42. The van der Waals surface area contributed by atoms with Crippen LogP contribution in [-0.2, 0) is 14.3 Å². The van der Waals surface area contributed by atoms with E-state index in [-0.39, 0.29) is 25.0 Å². The van der Waals surface area contributed by atoms with Gasteiger partial charge in [0.2, 0.25) is 0 Å². The Bertz CT molecular complexity index is 895. The number of Topliss-reactive ketones (excluding diaryl/α,β-unsaturated/α-hetero) is 1. The van der Waals surface area contributed by atoms with E-state index in [0.29, 0.717) is 35.8 Å². The Morgan fingerprint density at radius 3 is 2.50 bits per heavy atom. The number of amides is 1. The summed E-state index contributed by atoms with van der Waals surface area (Å²) in [6.07, 6.45) is 0.0901. The Hall–Kier alpha value is -3.55. The maximum atomic E-state index is 11.9. The van der Waals surface area contributed by atoms with Crippen LogP contribution in [0.25, 0.3) is 0 Å². The molecule has 3 rings (SSSR count). The maximum Gasteiger partial charge on any atom is 0.344 e. The van der Waals surface area contributed by atoms with Gasteiger partial charge in [0.25, 0.3) is 5.91 Å². The number of hydrogen-bond acceptors (Lipinski definition) is 7. The molecule has 0 spiro atoms. The lowest BCUT2D eigenvalue weighted by Gasteiger charge is -2.26. The summed E-state index contributed by atoms with van der Waals surface area (Å²) in [5, 5.41) is 2.64. The van der Waals surface area contributed by atoms with Crippen LogP contribution in [0.1, 0.15) is 23.7 Å². The number of ether oxygens (including phenoxy) is 4. The molecule has 2 aromatic rings. The fourth-order valence-electron chi connectivity index (χ4n) is 2.71. The average molecular weight is 413 g/mol. The number of para-hydroxylation sites is 2. The molecule has 0 saturated carbocycles. The highest BCUT2D eigenvalue weighted by Gasteiger charge is 2.21. The van der Waals surface area contributed by atoms with Crippen LogP contribution < -0.4 is 19.5 Å². The summed E-state index contributed by atoms with van der Waals surface area (Å²) >= 11 is 0. The Kier molecular flexibility index (Phi) is 7.26. The summed E-state index contributed by atoms with van der Waals surface area (Å²) in [4.78, 5) is 35.2. The van der Waals surface area contributed by atoms with E-state index >= 15 is 0 Å². The van der Waals surface area contributed by atoms with Crippen molar-refractivity contribution in [2.24, 2.45) is 0 Å². The molecule has 0 aliphatic carbocycles. The normalized spacial score (nSPS) is 14.5. The molecule has 0 saturated heterocycles. The van der Waals surface area contributed by atoms with Gasteiger partial charge < -0.3 is 24.3 Å². The maximum absolute atomic E-state index is 11.9. The zero-order chi connectivity index (χ0) is 21.3.